The molecule has 3 rings (SSSR count). The van der Waals surface area contributed by atoms with E-state index in [0.717, 1.165) is 37.9 Å². The fraction of sp³-hybridized carbons (Fsp3) is 0.867. The van der Waals surface area contributed by atoms with E-state index in [4.69, 9.17) is 0 Å². The molecular weight excluding hydrogens is 236 g/mol. The van der Waals surface area contributed by atoms with Crippen molar-refractivity contribution >= 4 is 0 Å². The molecule has 4 nitrogen and oxygen atoms in total. The predicted molar refractivity (Wildman–Crippen MR) is 75.8 cm³/mol. The van der Waals surface area contributed by atoms with Crippen LogP contribution in [0.15, 0.2) is 6.33 Å². The van der Waals surface area contributed by atoms with Crippen LogP contribution >= 0.6 is 0 Å². The molecule has 2 aliphatic carbocycles. The molecule has 4 heteroatoms. The zero-order valence-electron chi connectivity index (χ0n) is 12.2. The van der Waals surface area contributed by atoms with E-state index in [2.05, 4.69) is 33.9 Å². The van der Waals surface area contributed by atoms with E-state index in [9.17, 15) is 0 Å². The third-order valence-corrected chi connectivity index (χ3v) is 4.91. The van der Waals surface area contributed by atoms with Crippen molar-refractivity contribution in [2.24, 2.45) is 17.3 Å². The first-order valence-corrected chi connectivity index (χ1v) is 7.84. The molecule has 2 atom stereocenters. The molecule has 19 heavy (non-hydrogen) atoms. The first-order chi connectivity index (χ1) is 9.26. The lowest BCUT2D eigenvalue weighted by atomic mass is 9.79. The number of hydrogen-bond donors (Lipinski definition) is 1. The van der Waals surface area contributed by atoms with Gasteiger partial charge in [-0.2, -0.15) is 5.10 Å². The van der Waals surface area contributed by atoms with Crippen LogP contribution in [0.4, 0.5) is 0 Å². The lowest BCUT2D eigenvalue weighted by Crippen LogP contribution is -2.36. The SMILES string of the molecule is CCCNCC1(Cc2ncnn2CC)CC2CC2C1. The average Bonchev–Trinajstić information content (AvgIpc) is 2.85. The van der Waals surface area contributed by atoms with Gasteiger partial charge in [-0.1, -0.05) is 6.92 Å². The fourth-order valence-corrected chi connectivity index (χ4v) is 3.91. The Bertz CT molecular complexity index is 416. The number of nitrogens with one attached hydrogen (secondary N) is 1. The quantitative estimate of drug-likeness (QED) is 0.766. The summed E-state index contributed by atoms with van der Waals surface area (Å²) in [5.74, 6) is 3.21. The number of hydrogen-bond acceptors (Lipinski definition) is 3. The second kappa shape index (κ2) is 5.23. The summed E-state index contributed by atoms with van der Waals surface area (Å²) in [5, 5.41) is 7.97. The van der Waals surface area contributed by atoms with Gasteiger partial charge in [0.15, 0.2) is 0 Å². The first kappa shape index (κ1) is 13.1. The molecule has 0 amide bonds. The van der Waals surface area contributed by atoms with Crippen LogP contribution in [0.25, 0.3) is 0 Å². The van der Waals surface area contributed by atoms with Gasteiger partial charge in [-0.15, -0.1) is 0 Å². The smallest absolute Gasteiger partial charge is 0.138 e. The number of aryl methyl sites for hydroxylation is 1. The van der Waals surface area contributed by atoms with Crippen LogP contribution in [-0.4, -0.2) is 27.9 Å². The third-order valence-electron chi connectivity index (χ3n) is 4.91. The van der Waals surface area contributed by atoms with Crippen molar-refractivity contribution in [1.29, 1.82) is 0 Å². The highest BCUT2D eigenvalue weighted by Crippen LogP contribution is 2.60. The minimum absolute atomic E-state index is 0.447. The molecule has 0 radical (unpaired) electrons. The monoisotopic (exact) mass is 262 g/mol. The summed E-state index contributed by atoms with van der Waals surface area (Å²) in [4.78, 5) is 4.49. The normalized spacial score (nSPS) is 32.5. The van der Waals surface area contributed by atoms with Crippen LogP contribution in [0.2, 0.25) is 0 Å². The van der Waals surface area contributed by atoms with Gasteiger partial charge in [-0.25, -0.2) is 4.98 Å². The topological polar surface area (TPSA) is 42.7 Å². The van der Waals surface area contributed by atoms with Gasteiger partial charge >= 0.3 is 0 Å². The molecule has 2 fully saturated rings. The van der Waals surface area contributed by atoms with Crippen molar-refractivity contribution in [3.63, 3.8) is 0 Å². The van der Waals surface area contributed by atoms with Crippen LogP contribution in [0.3, 0.4) is 0 Å². The van der Waals surface area contributed by atoms with Crippen molar-refractivity contribution in [3.8, 4) is 0 Å². The van der Waals surface area contributed by atoms with Crippen LogP contribution in [-0.2, 0) is 13.0 Å². The van der Waals surface area contributed by atoms with Gasteiger partial charge in [0.25, 0.3) is 0 Å². The molecule has 2 unspecified atom stereocenters. The molecule has 106 valence electrons. The lowest BCUT2D eigenvalue weighted by molar-refractivity contribution is 0.240. The summed E-state index contributed by atoms with van der Waals surface area (Å²) in [7, 11) is 0. The third kappa shape index (κ3) is 2.69. The Labute approximate surface area is 116 Å². The van der Waals surface area contributed by atoms with Crippen LogP contribution in [0.5, 0.6) is 0 Å². The van der Waals surface area contributed by atoms with E-state index in [0.29, 0.717) is 5.41 Å². The van der Waals surface area contributed by atoms with Crippen LogP contribution in [0, 0.1) is 17.3 Å². The van der Waals surface area contributed by atoms with Crippen LogP contribution < -0.4 is 5.32 Å². The molecule has 1 heterocycles. The van der Waals surface area contributed by atoms with E-state index in [1.807, 2.05) is 0 Å². The van der Waals surface area contributed by atoms with E-state index >= 15 is 0 Å². The van der Waals surface area contributed by atoms with Gasteiger partial charge in [0.1, 0.15) is 12.2 Å². The summed E-state index contributed by atoms with van der Waals surface area (Å²) in [6.07, 6.45) is 8.30. The van der Waals surface area contributed by atoms with Crippen LogP contribution in [0.1, 0.15) is 45.4 Å². The highest BCUT2D eigenvalue weighted by Gasteiger charge is 2.53. The number of aromatic nitrogens is 3. The highest BCUT2D eigenvalue weighted by atomic mass is 15.3. The van der Waals surface area contributed by atoms with Gasteiger partial charge in [0.2, 0.25) is 0 Å². The standard InChI is InChI=1S/C15H26N4/c1-3-5-16-10-15(7-12-6-13(12)8-15)9-14-17-11-18-19(14)4-2/h11-13,16H,3-10H2,1-2H3. The Morgan fingerprint density at radius 2 is 2.16 bits per heavy atom. The maximum atomic E-state index is 4.49. The Balaban J connectivity index is 1.69. The zero-order chi connectivity index (χ0) is 13.3. The van der Waals surface area contributed by atoms with E-state index in [-0.39, 0.29) is 0 Å². The molecule has 2 saturated carbocycles. The molecule has 1 aromatic rings. The second-order valence-electron chi connectivity index (χ2n) is 6.51. The van der Waals surface area contributed by atoms with Crippen molar-refractivity contribution in [1.82, 2.24) is 20.1 Å². The summed E-state index contributed by atoms with van der Waals surface area (Å²) < 4.78 is 2.06. The second-order valence-corrected chi connectivity index (χ2v) is 6.51. The maximum absolute atomic E-state index is 4.49. The summed E-state index contributed by atoms with van der Waals surface area (Å²) in [6, 6.07) is 0. The van der Waals surface area contributed by atoms with Crippen molar-refractivity contribution in [2.45, 2.75) is 52.5 Å². The van der Waals surface area contributed by atoms with E-state index in [1.54, 1.807) is 6.33 Å². The largest absolute Gasteiger partial charge is 0.316 e. The van der Waals surface area contributed by atoms with Gasteiger partial charge in [-0.05, 0) is 56.4 Å². The Kier molecular flexibility index (Phi) is 3.61. The lowest BCUT2D eigenvalue weighted by Gasteiger charge is -2.31. The molecule has 0 saturated heterocycles. The molecule has 0 spiro atoms. The molecule has 1 N–H and O–H groups in total. The van der Waals surface area contributed by atoms with Crippen molar-refractivity contribution < 1.29 is 0 Å². The van der Waals surface area contributed by atoms with Gasteiger partial charge in [0.05, 0.1) is 0 Å². The Morgan fingerprint density at radius 3 is 2.84 bits per heavy atom. The molecule has 0 bridgehead atoms. The maximum Gasteiger partial charge on any atom is 0.138 e. The van der Waals surface area contributed by atoms with E-state index in [1.165, 1.54) is 31.5 Å². The summed E-state index contributed by atoms with van der Waals surface area (Å²) >= 11 is 0. The number of rotatable bonds is 7. The van der Waals surface area contributed by atoms with Gasteiger partial charge in [0, 0.05) is 19.5 Å². The number of fused-ring (bicyclic) bond motifs is 1. The fourth-order valence-electron chi connectivity index (χ4n) is 3.91. The minimum Gasteiger partial charge on any atom is -0.316 e. The van der Waals surface area contributed by atoms with Gasteiger partial charge in [-0.3, -0.25) is 4.68 Å². The Hall–Kier alpha value is -0.900. The molecule has 0 aromatic carbocycles. The molecule has 1 aromatic heterocycles. The molecule has 2 aliphatic rings. The summed E-state index contributed by atoms with van der Waals surface area (Å²) in [5.41, 5.74) is 0.447. The highest BCUT2D eigenvalue weighted by molar-refractivity contribution is 5.07. The zero-order valence-corrected chi connectivity index (χ0v) is 12.2. The number of nitrogens with zero attached hydrogens (tertiary/aromatic N) is 3. The first-order valence-electron chi connectivity index (χ1n) is 7.84. The summed E-state index contributed by atoms with van der Waals surface area (Å²) in [6.45, 7) is 7.61. The molecule has 0 aliphatic heterocycles. The minimum atomic E-state index is 0.447. The Morgan fingerprint density at radius 1 is 1.37 bits per heavy atom. The molecular formula is C15H26N4. The average molecular weight is 262 g/mol. The van der Waals surface area contributed by atoms with Crippen molar-refractivity contribution in [2.75, 3.05) is 13.1 Å². The van der Waals surface area contributed by atoms with Gasteiger partial charge < -0.3 is 5.32 Å². The predicted octanol–water partition coefficient (Wildman–Crippen LogP) is 2.26. The van der Waals surface area contributed by atoms with E-state index < -0.39 is 0 Å². The van der Waals surface area contributed by atoms with Crippen molar-refractivity contribution in [3.05, 3.63) is 12.2 Å².